The first-order valence-electron chi connectivity index (χ1n) is 13.3. The zero-order valence-corrected chi connectivity index (χ0v) is 22.9. The number of hydrogen-bond donors (Lipinski definition) is 1. The number of rotatable bonds is 4. The average Bonchev–Trinajstić information content (AvgIpc) is 3.35. The Balaban J connectivity index is 1.62. The molecule has 0 aromatic heterocycles. The minimum atomic E-state index is -2.30. The molecule has 208 valence electrons. The van der Waals surface area contributed by atoms with Crippen molar-refractivity contribution in [3.05, 3.63) is 23.6 Å². The van der Waals surface area contributed by atoms with E-state index in [9.17, 15) is 24.3 Å². The van der Waals surface area contributed by atoms with Crippen molar-refractivity contribution >= 4 is 34.6 Å². The number of fused-ring (bicyclic) bond motifs is 5. The van der Waals surface area contributed by atoms with E-state index in [1.807, 2.05) is 0 Å². The number of carbonyl (C=O) groups is 4. The molecule has 0 radical (unpaired) electrons. The highest BCUT2D eigenvalue weighted by Gasteiger charge is 2.77. The van der Waals surface area contributed by atoms with E-state index in [0.29, 0.717) is 6.42 Å². The van der Waals surface area contributed by atoms with Crippen molar-refractivity contribution in [2.24, 2.45) is 28.6 Å². The Morgan fingerprint density at radius 2 is 1.97 bits per heavy atom. The number of ketones is 1. The van der Waals surface area contributed by atoms with Crippen molar-refractivity contribution in [3.8, 4) is 0 Å². The number of thioether (sulfide) groups is 1. The lowest BCUT2D eigenvalue weighted by Gasteiger charge is -2.62. The molecule has 1 aliphatic heterocycles. The number of cyclic esters (lactones) is 1. The zero-order valence-electron chi connectivity index (χ0n) is 22.1. The Labute approximate surface area is 224 Å². The van der Waals surface area contributed by atoms with E-state index in [0.717, 1.165) is 11.8 Å². The summed E-state index contributed by atoms with van der Waals surface area (Å²) in [6.07, 6.45) is 0.831. The van der Waals surface area contributed by atoms with Gasteiger partial charge in [-0.3, -0.25) is 19.2 Å². The molecule has 2 saturated carbocycles. The second kappa shape index (κ2) is 8.98. The smallest absolute Gasteiger partial charge is 0.319 e. The molecule has 4 aliphatic carbocycles. The summed E-state index contributed by atoms with van der Waals surface area (Å²) in [4.78, 5) is 51.2. The molecule has 0 aromatic carbocycles. The predicted octanol–water partition coefficient (Wildman–Crippen LogP) is 4.17. The molecule has 1 saturated heterocycles. The predicted molar refractivity (Wildman–Crippen MR) is 134 cm³/mol. The number of esters is 2. The maximum atomic E-state index is 17.5. The molecule has 10 heteroatoms. The minimum Gasteiger partial charge on any atom is -0.465 e. The Hall–Kier alpha value is -2.07. The Bertz CT molecular complexity index is 1170. The van der Waals surface area contributed by atoms with E-state index in [4.69, 9.17) is 9.47 Å². The van der Waals surface area contributed by atoms with Crippen LogP contribution in [-0.2, 0) is 28.7 Å². The highest BCUT2D eigenvalue weighted by atomic mass is 32.2. The maximum absolute atomic E-state index is 17.5. The molecular weight excluding hydrogens is 518 g/mol. The van der Waals surface area contributed by atoms with E-state index in [1.165, 1.54) is 19.1 Å². The van der Waals surface area contributed by atoms with Gasteiger partial charge in [-0.1, -0.05) is 38.6 Å². The zero-order chi connectivity index (χ0) is 27.8. The molecule has 1 N–H and O–H groups in total. The molecule has 5 aliphatic rings. The van der Waals surface area contributed by atoms with Crippen LogP contribution in [0.25, 0.3) is 0 Å². The van der Waals surface area contributed by atoms with Crippen LogP contribution in [0, 0.1) is 28.6 Å². The van der Waals surface area contributed by atoms with E-state index >= 15 is 8.78 Å². The first kappa shape index (κ1) is 27.5. The van der Waals surface area contributed by atoms with Crippen LogP contribution in [0.2, 0.25) is 0 Å². The van der Waals surface area contributed by atoms with Crippen molar-refractivity contribution in [1.29, 1.82) is 0 Å². The van der Waals surface area contributed by atoms with Gasteiger partial charge in [-0.2, -0.15) is 0 Å². The van der Waals surface area contributed by atoms with Crippen molar-refractivity contribution in [2.45, 2.75) is 88.8 Å². The molecule has 0 amide bonds. The molecule has 2 unspecified atom stereocenters. The standard InChI is InChI=1S/C28H34F2O7S/c1-5-22(33)37-28(24(35)38-20-7-9-36-23(20)34)14(2)10-16-17-12-19(29)18-11-15(31)6-8-25(18,3)27(17,30)21(32)13-26(16,28)4/h6,8,14,16-17,20-21,32H,5,7,9-13H2,1-4H3/t14-,16?,17?,20+,21+,25+,26+,27+,28+/m1/s1. The van der Waals surface area contributed by atoms with Gasteiger partial charge in [-0.25, -0.2) is 8.78 Å². The number of ether oxygens (including phenoxy) is 2. The first-order chi connectivity index (χ1) is 17.8. The summed E-state index contributed by atoms with van der Waals surface area (Å²) >= 11 is 0.772. The highest BCUT2D eigenvalue weighted by molar-refractivity contribution is 8.14. The lowest BCUT2D eigenvalue weighted by molar-refractivity contribution is -0.223. The molecular formula is C28H34F2O7S. The highest BCUT2D eigenvalue weighted by Crippen LogP contribution is 2.72. The van der Waals surface area contributed by atoms with E-state index in [-0.39, 0.29) is 50.1 Å². The molecule has 38 heavy (non-hydrogen) atoms. The van der Waals surface area contributed by atoms with Gasteiger partial charge in [0.1, 0.15) is 11.1 Å². The lowest BCUT2D eigenvalue weighted by atomic mass is 9.45. The number of alkyl halides is 1. The number of carbonyl (C=O) groups excluding carboxylic acids is 4. The number of hydrogen-bond acceptors (Lipinski definition) is 8. The normalized spacial score (nSPS) is 45.8. The topological polar surface area (TPSA) is 107 Å². The summed E-state index contributed by atoms with van der Waals surface area (Å²) in [5.41, 5.74) is -6.75. The van der Waals surface area contributed by atoms with Crippen LogP contribution < -0.4 is 0 Å². The van der Waals surface area contributed by atoms with Gasteiger partial charge in [0, 0.05) is 48.3 Å². The number of halogens is 2. The summed E-state index contributed by atoms with van der Waals surface area (Å²) in [5.74, 6) is -4.25. The van der Waals surface area contributed by atoms with Crippen molar-refractivity contribution < 1.29 is 42.5 Å². The summed E-state index contributed by atoms with van der Waals surface area (Å²) in [5, 5.41) is 10.3. The van der Waals surface area contributed by atoms with Gasteiger partial charge < -0.3 is 14.6 Å². The van der Waals surface area contributed by atoms with Crippen LogP contribution in [0.5, 0.6) is 0 Å². The molecule has 0 aromatic rings. The third-order valence-electron chi connectivity index (χ3n) is 10.2. The SMILES string of the molecule is CCC(=O)O[C@]1(C(=O)S[C@H]2CCOC2=O)[C@H](C)CC2C3CC(F)=C4CC(=O)C=C[C@]4(C)[C@@]3(F)[C@@H](O)C[C@@]21C. The van der Waals surface area contributed by atoms with Gasteiger partial charge in [0.25, 0.3) is 0 Å². The largest absolute Gasteiger partial charge is 0.465 e. The molecule has 3 fully saturated rings. The van der Waals surface area contributed by atoms with Crippen molar-refractivity contribution in [2.75, 3.05) is 6.61 Å². The van der Waals surface area contributed by atoms with Crippen LogP contribution in [-0.4, -0.2) is 57.2 Å². The Morgan fingerprint density at radius 3 is 2.61 bits per heavy atom. The second-order valence-electron chi connectivity index (χ2n) is 11.9. The molecule has 0 spiro atoms. The van der Waals surface area contributed by atoms with E-state index in [2.05, 4.69) is 0 Å². The Kier molecular flexibility index (Phi) is 6.50. The fourth-order valence-corrected chi connectivity index (χ4v) is 9.53. The van der Waals surface area contributed by atoms with Gasteiger partial charge >= 0.3 is 11.9 Å². The summed E-state index contributed by atoms with van der Waals surface area (Å²) < 4.78 is 44.1. The molecule has 5 rings (SSSR count). The van der Waals surface area contributed by atoms with E-state index < -0.39 is 74.1 Å². The van der Waals surface area contributed by atoms with Gasteiger partial charge in [-0.15, -0.1) is 0 Å². The van der Waals surface area contributed by atoms with E-state index in [1.54, 1.807) is 20.8 Å². The monoisotopic (exact) mass is 552 g/mol. The molecule has 0 bridgehead atoms. The number of aliphatic hydroxyl groups excluding tert-OH is 1. The third kappa shape index (κ3) is 3.41. The molecule has 1 heterocycles. The van der Waals surface area contributed by atoms with Crippen LogP contribution in [0.3, 0.4) is 0 Å². The van der Waals surface area contributed by atoms with Gasteiger partial charge in [0.05, 0.1) is 12.7 Å². The van der Waals surface area contributed by atoms with Crippen LogP contribution in [0.4, 0.5) is 8.78 Å². The Morgan fingerprint density at radius 1 is 1.26 bits per heavy atom. The van der Waals surface area contributed by atoms with Gasteiger partial charge in [0.2, 0.25) is 5.12 Å². The molecule has 9 atom stereocenters. The van der Waals surface area contributed by atoms with Crippen LogP contribution in [0.1, 0.15) is 66.2 Å². The average molecular weight is 553 g/mol. The van der Waals surface area contributed by atoms with Crippen LogP contribution in [0.15, 0.2) is 23.6 Å². The minimum absolute atomic E-state index is 0.00468. The molecule has 7 nitrogen and oxygen atoms in total. The third-order valence-corrected chi connectivity index (χ3v) is 11.4. The number of allylic oxidation sites excluding steroid dienone is 4. The summed E-state index contributed by atoms with van der Waals surface area (Å²) in [6, 6.07) is 0. The lowest BCUT2D eigenvalue weighted by Crippen LogP contribution is -2.69. The maximum Gasteiger partial charge on any atom is 0.319 e. The van der Waals surface area contributed by atoms with Gasteiger partial charge in [-0.05, 0) is 37.3 Å². The fourth-order valence-electron chi connectivity index (χ4n) is 8.24. The van der Waals surface area contributed by atoms with Crippen molar-refractivity contribution in [1.82, 2.24) is 0 Å². The van der Waals surface area contributed by atoms with Crippen LogP contribution >= 0.6 is 11.8 Å². The quantitative estimate of drug-likeness (QED) is 0.518. The number of aliphatic hydroxyl groups is 1. The van der Waals surface area contributed by atoms with Crippen molar-refractivity contribution in [3.63, 3.8) is 0 Å². The second-order valence-corrected chi connectivity index (χ2v) is 13.1. The first-order valence-corrected chi connectivity index (χ1v) is 14.2. The summed E-state index contributed by atoms with van der Waals surface area (Å²) in [6.45, 7) is 6.79. The fraction of sp³-hybridized carbons (Fsp3) is 0.714. The summed E-state index contributed by atoms with van der Waals surface area (Å²) in [7, 11) is 0. The van der Waals surface area contributed by atoms with Gasteiger partial charge in [0.15, 0.2) is 17.1 Å².